The molecule has 0 fully saturated rings. The van der Waals surface area contributed by atoms with Gasteiger partial charge in [-0.05, 0) is 76.4 Å². The predicted molar refractivity (Wildman–Crippen MR) is 106 cm³/mol. The van der Waals surface area contributed by atoms with Crippen LogP contribution in [0.25, 0.3) is 11.4 Å². The van der Waals surface area contributed by atoms with Crippen LogP contribution < -0.4 is 0 Å². The molecular formula is C22H27N3O. The van der Waals surface area contributed by atoms with Crippen LogP contribution in [0, 0.1) is 6.92 Å². The lowest BCUT2D eigenvalue weighted by molar-refractivity contribution is -0.126. The van der Waals surface area contributed by atoms with Gasteiger partial charge in [-0.1, -0.05) is 11.1 Å². The predicted octanol–water partition coefficient (Wildman–Crippen LogP) is 5.06. The fourth-order valence-electron chi connectivity index (χ4n) is 2.56. The molecule has 0 unspecified atom stereocenters. The molecule has 2 aromatic heterocycles. The highest BCUT2D eigenvalue weighted by atomic mass is 16.2. The number of nitrogens with zero attached hydrogens (tertiary/aromatic N) is 3. The summed E-state index contributed by atoms with van der Waals surface area (Å²) in [6.45, 7) is 9.99. The first-order valence-corrected chi connectivity index (χ1v) is 8.84. The number of hydrogen-bond donors (Lipinski definition) is 0. The maximum atomic E-state index is 12.6. The van der Waals surface area contributed by atoms with Gasteiger partial charge in [-0.25, -0.2) is 0 Å². The lowest BCUT2D eigenvalue weighted by Crippen LogP contribution is -2.21. The van der Waals surface area contributed by atoms with Crippen molar-refractivity contribution in [1.29, 1.82) is 0 Å². The van der Waals surface area contributed by atoms with Crippen LogP contribution in [0.1, 0.15) is 45.2 Å². The molecule has 2 heterocycles. The molecule has 4 heteroatoms. The van der Waals surface area contributed by atoms with Crippen molar-refractivity contribution in [2.45, 2.75) is 47.5 Å². The molecule has 0 bridgehead atoms. The van der Waals surface area contributed by atoms with Crippen LogP contribution in [-0.2, 0) is 11.2 Å². The largest absolute Gasteiger partial charge is 0.295 e. The van der Waals surface area contributed by atoms with Crippen molar-refractivity contribution in [1.82, 2.24) is 14.9 Å². The normalized spacial score (nSPS) is 10.2. The maximum Gasteiger partial charge on any atom is 0.230 e. The summed E-state index contributed by atoms with van der Waals surface area (Å²) >= 11 is 0. The Hall–Kier alpha value is -2.75. The summed E-state index contributed by atoms with van der Waals surface area (Å²) < 4.78 is 0. The third-order valence-corrected chi connectivity index (χ3v) is 3.71. The molecule has 0 aliphatic rings. The SMILES string of the molecule is CC(C)=CN(C=C(C)C)C(=O)CCc1ccnc(-c2cc(C)ccn2)c1. The summed E-state index contributed by atoms with van der Waals surface area (Å²) in [4.78, 5) is 23.1. The van der Waals surface area contributed by atoms with Gasteiger partial charge in [0, 0.05) is 31.2 Å². The third kappa shape index (κ3) is 5.96. The van der Waals surface area contributed by atoms with Crippen LogP contribution in [0.4, 0.5) is 0 Å². The quantitative estimate of drug-likeness (QED) is 0.732. The van der Waals surface area contributed by atoms with Gasteiger partial charge in [0.05, 0.1) is 11.4 Å². The molecule has 1 amide bonds. The zero-order valence-electron chi connectivity index (χ0n) is 16.3. The number of amides is 1. The summed E-state index contributed by atoms with van der Waals surface area (Å²) in [5.74, 6) is 0.0828. The zero-order chi connectivity index (χ0) is 19.1. The van der Waals surface area contributed by atoms with Crippen molar-refractivity contribution in [3.05, 3.63) is 71.3 Å². The lowest BCUT2D eigenvalue weighted by atomic mass is 10.1. The van der Waals surface area contributed by atoms with E-state index in [1.165, 1.54) is 0 Å². The number of hydrogen-bond acceptors (Lipinski definition) is 3. The highest BCUT2D eigenvalue weighted by Crippen LogP contribution is 2.17. The fraction of sp³-hybridized carbons (Fsp3) is 0.318. The molecule has 4 nitrogen and oxygen atoms in total. The van der Waals surface area contributed by atoms with E-state index < -0.39 is 0 Å². The Balaban J connectivity index is 2.11. The van der Waals surface area contributed by atoms with Crippen molar-refractivity contribution in [3.63, 3.8) is 0 Å². The second-order valence-electron chi connectivity index (χ2n) is 6.98. The number of aryl methyl sites for hydroxylation is 2. The fourth-order valence-corrected chi connectivity index (χ4v) is 2.56. The summed E-state index contributed by atoms with van der Waals surface area (Å²) in [6, 6.07) is 7.95. The van der Waals surface area contributed by atoms with E-state index in [0.717, 1.165) is 33.7 Å². The Morgan fingerprint density at radius 3 is 2.12 bits per heavy atom. The van der Waals surface area contributed by atoms with Crippen LogP contribution in [-0.4, -0.2) is 20.8 Å². The second-order valence-corrected chi connectivity index (χ2v) is 6.98. The monoisotopic (exact) mass is 349 g/mol. The van der Waals surface area contributed by atoms with Gasteiger partial charge in [0.1, 0.15) is 0 Å². The van der Waals surface area contributed by atoms with Crippen LogP contribution in [0.2, 0.25) is 0 Å². The van der Waals surface area contributed by atoms with Crippen LogP contribution in [0.3, 0.4) is 0 Å². The molecule has 136 valence electrons. The smallest absolute Gasteiger partial charge is 0.230 e. The first-order valence-electron chi connectivity index (χ1n) is 8.84. The molecule has 0 N–H and O–H groups in total. The molecule has 2 aromatic rings. The first-order chi connectivity index (χ1) is 12.3. The summed E-state index contributed by atoms with van der Waals surface area (Å²) in [5, 5.41) is 0. The molecule has 0 saturated heterocycles. The molecule has 0 aliphatic carbocycles. The molecule has 0 spiro atoms. The Labute approximate surface area is 156 Å². The standard InChI is InChI=1S/C22H27N3O/c1-16(2)14-25(15-17(3)4)22(26)7-6-19-9-11-24-21(13-19)20-12-18(5)8-10-23-20/h8-15H,6-7H2,1-5H3. The molecule has 0 atom stereocenters. The number of aromatic nitrogens is 2. The van der Waals surface area contributed by atoms with Gasteiger partial charge in [0.2, 0.25) is 5.91 Å². The van der Waals surface area contributed by atoms with E-state index in [2.05, 4.69) is 9.97 Å². The average Bonchev–Trinajstić information content (AvgIpc) is 2.58. The molecule has 0 aromatic carbocycles. The molecular weight excluding hydrogens is 322 g/mol. The minimum absolute atomic E-state index is 0.0828. The molecule has 0 saturated carbocycles. The Morgan fingerprint density at radius 2 is 1.54 bits per heavy atom. The van der Waals surface area contributed by atoms with Crippen LogP contribution >= 0.6 is 0 Å². The van der Waals surface area contributed by atoms with Crippen molar-refractivity contribution in [2.75, 3.05) is 0 Å². The third-order valence-electron chi connectivity index (χ3n) is 3.71. The van der Waals surface area contributed by atoms with Crippen LogP contribution in [0.5, 0.6) is 0 Å². The maximum absolute atomic E-state index is 12.6. The van der Waals surface area contributed by atoms with Gasteiger partial charge in [-0.15, -0.1) is 0 Å². The summed E-state index contributed by atoms with van der Waals surface area (Å²) in [7, 11) is 0. The van der Waals surface area contributed by atoms with Crippen molar-refractivity contribution < 1.29 is 4.79 Å². The number of pyridine rings is 2. The van der Waals surface area contributed by atoms with E-state index >= 15 is 0 Å². The Morgan fingerprint density at radius 1 is 0.962 bits per heavy atom. The number of carbonyl (C=O) groups excluding carboxylic acids is 1. The van der Waals surface area contributed by atoms with Crippen molar-refractivity contribution in [3.8, 4) is 11.4 Å². The number of rotatable bonds is 6. The minimum atomic E-state index is 0.0828. The topological polar surface area (TPSA) is 46.1 Å². The minimum Gasteiger partial charge on any atom is -0.295 e. The van der Waals surface area contributed by atoms with E-state index in [-0.39, 0.29) is 5.91 Å². The second kappa shape index (κ2) is 9.09. The van der Waals surface area contributed by atoms with Gasteiger partial charge >= 0.3 is 0 Å². The summed E-state index contributed by atoms with van der Waals surface area (Å²) in [5.41, 5.74) is 6.11. The summed E-state index contributed by atoms with van der Waals surface area (Å²) in [6.07, 6.45) is 8.44. The average molecular weight is 349 g/mol. The molecule has 0 aliphatic heterocycles. The number of allylic oxidation sites excluding steroid dienone is 2. The van der Waals surface area contributed by atoms with E-state index in [1.807, 2.05) is 71.3 Å². The lowest BCUT2D eigenvalue weighted by Gasteiger charge is -2.15. The van der Waals surface area contributed by atoms with E-state index in [1.54, 1.807) is 17.3 Å². The van der Waals surface area contributed by atoms with Crippen molar-refractivity contribution in [2.24, 2.45) is 0 Å². The Bertz CT molecular complexity index is 811. The van der Waals surface area contributed by atoms with Gasteiger partial charge in [-0.3, -0.25) is 19.7 Å². The molecule has 0 radical (unpaired) electrons. The van der Waals surface area contributed by atoms with Crippen LogP contribution in [0.15, 0.2) is 60.2 Å². The Kier molecular flexibility index (Phi) is 6.84. The molecule has 26 heavy (non-hydrogen) atoms. The van der Waals surface area contributed by atoms with E-state index in [4.69, 9.17) is 0 Å². The highest BCUT2D eigenvalue weighted by Gasteiger charge is 2.10. The number of carbonyl (C=O) groups is 1. The van der Waals surface area contributed by atoms with E-state index in [0.29, 0.717) is 12.8 Å². The van der Waals surface area contributed by atoms with E-state index in [9.17, 15) is 4.79 Å². The van der Waals surface area contributed by atoms with Gasteiger partial charge in [0.15, 0.2) is 0 Å². The molecule has 2 rings (SSSR count). The first kappa shape index (κ1) is 19.6. The van der Waals surface area contributed by atoms with Crippen molar-refractivity contribution >= 4 is 5.91 Å². The van der Waals surface area contributed by atoms with Gasteiger partial charge < -0.3 is 0 Å². The zero-order valence-corrected chi connectivity index (χ0v) is 16.3. The highest BCUT2D eigenvalue weighted by molar-refractivity contribution is 5.78. The van der Waals surface area contributed by atoms with Gasteiger partial charge in [-0.2, -0.15) is 0 Å². The van der Waals surface area contributed by atoms with Gasteiger partial charge in [0.25, 0.3) is 0 Å².